The topological polar surface area (TPSA) is 49.2 Å². The fourth-order valence-corrected chi connectivity index (χ4v) is 4.64. The lowest BCUT2D eigenvalue weighted by molar-refractivity contribution is 0.128. The van der Waals surface area contributed by atoms with Gasteiger partial charge in [-0.15, -0.1) is 0 Å². The van der Waals surface area contributed by atoms with Crippen molar-refractivity contribution in [2.75, 3.05) is 6.54 Å². The van der Waals surface area contributed by atoms with Crippen LogP contribution in [0.25, 0.3) is 11.1 Å². The van der Waals surface area contributed by atoms with Crippen LogP contribution in [0.3, 0.4) is 0 Å². The summed E-state index contributed by atoms with van der Waals surface area (Å²) >= 11 is 3.16. The first-order valence-electron chi connectivity index (χ1n) is 9.31. The molecule has 0 spiro atoms. The summed E-state index contributed by atoms with van der Waals surface area (Å²) in [6.07, 6.45) is 0.635. The molecule has 148 valence electrons. The number of oxazole rings is 1. The summed E-state index contributed by atoms with van der Waals surface area (Å²) in [5.41, 5.74) is 2.70. The number of aromatic nitrogens is 1. The van der Waals surface area contributed by atoms with E-state index in [1.807, 2.05) is 13.0 Å². The number of nitrogens with one attached hydrogen (secondary N) is 1. The van der Waals surface area contributed by atoms with Gasteiger partial charge in [-0.25, -0.2) is 13.6 Å². The maximum atomic E-state index is 15.0. The number of rotatable bonds is 3. The monoisotopic (exact) mass is 450 g/mol. The summed E-state index contributed by atoms with van der Waals surface area (Å²) in [7, 11) is 0. The zero-order valence-electron chi connectivity index (χ0n) is 15.9. The Morgan fingerprint density at radius 2 is 1.96 bits per heavy atom. The van der Waals surface area contributed by atoms with Crippen LogP contribution in [0.4, 0.5) is 8.78 Å². The second kappa shape index (κ2) is 7.12. The van der Waals surface area contributed by atoms with Crippen LogP contribution in [0.1, 0.15) is 43.5 Å². The molecule has 4 nitrogen and oxygen atoms in total. The fourth-order valence-electron chi connectivity index (χ4n) is 4.24. The first-order valence-corrected chi connectivity index (χ1v) is 10.1. The molecule has 3 aromatic rings. The van der Waals surface area contributed by atoms with E-state index in [4.69, 9.17) is 4.42 Å². The van der Waals surface area contributed by atoms with Gasteiger partial charge in [-0.3, -0.25) is 9.88 Å². The third-order valence-electron chi connectivity index (χ3n) is 5.31. The maximum absolute atomic E-state index is 15.0. The van der Waals surface area contributed by atoms with Gasteiger partial charge in [0.1, 0.15) is 11.6 Å². The minimum Gasteiger partial charge on any atom is -0.408 e. The number of benzene rings is 2. The first kappa shape index (κ1) is 19.3. The van der Waals surface area contributed by atoms with Crippen molar-refractivity contribution in [3.8, 4) is 0 Å². The second-order valence-corrected chi connectivity index (χ2v) is 8.77. The zero-order chi connectivity index (χ0) is 20.2. The first-order chi connectivity index (χ1) is 13.3. The van der Waals surface area contributed by atoms with E-state index in [0.717, 1.165) is 11.1 Å². The number of halogens is 3. The summed E-state index contributed by atoms with van der Waals surface area (Å²) in [5, 5.41) is 0. The second-order valence-electron chi connectivity index (χ2n) is 7.85. The molecule has 1 N–H and O–H groups in total. The molecule has 1 aliphatic heterocycles. The van der Waals surface area contributed by atoms with E-state index in [1.54, 1.807) is 6.07 Å². The highest BCUT2D eigenvalue weighted by atomic mass is 79.9. The lowest BCUT2D eigenvalue weighted by atomic mass is 9.83. The van der Waals surface area contributed by atoms with Crippen LogP contribution in [-0.2, 0) is 6.42 Å². The molecule has 0 radical (unpaired) electrons. The molecule has 0 saturated carbocycles. The van der Waals surface area contributed by atoms with E-state index < -0.39 is 23.4 Å². The van der Waals surface area contributed by atoms with E-state index in [2.05, 4.69) is 39.7 Å². The van der Waals surface area contributed by atoms with Gasteiger partial charge in [-0.1, -0.05) is 35.8 Å². The molecule has 28 heavy (non-hydrogen) atoms. The molecule has 0 amide bonds. The molecule has 2 atom stereocenters. The molecule has 1 aliphatic rings. The van der Waals surface area contributed by atoms with E-state index in [9.17, 15) is 13.6 Å². The fraction of sp³-hybridized carbons (Fsp3) is 0.381. The van der Waals surface area contributed by atoms with Gasteiger partial charge in [0.05, 0.1) is 11.6 Å². The third kappa shape index (κ3) is 3.20. The zero-order valence-corrected chi connectivity index (χ0v) is 17.4. The molecule has 0 aliphatic carbocycles. The van der Waals surface area contributed by atoms with Gasteiger partial charge >= 0.3 is 5.76 Å². The van der Waals surface area contributed by atoms with Crippen molar-refractivity contribution in [2.45, 2.75) is 39.3 Å². The number of aromatic amines is 1. The largest absolute Gasteiger partial charge is 0.417 e. The molecule has 2 aromatic carbocycles. The minimum absolute atomic E-state index is 0.0214. The van der Waals surface area contributed by atoms with Gasteiger partial charge in [-0.05, 0) is 43.0 Å². The molecular weight excluding hydrogens is 430 g/mol. The smallest absolute Gasteiger partial charge is 0.408 e. The highest BCUT2D eigenvalue weighted by Gasteiger charge is 2.38. The van der Waals surface area contributed by atoms with Crippen molar-refractivity contribution >= 4 is 27.0 Å². The van der Waals surface area contributed by atoms with Crippen molar-refractivity contribution in [3.63, 3.8) is 0 Å². The van der Waals surface area contributed by atoms with Gasteiger partial charge in [-0.2, -0.15) is 0 Å². The lowest BCUT2D eigenvalue weighted by Gasteiger charge is -2.43. The Hall–Kier alpha value is -1.99. The molecule has 1 aromatic heterocycles. The predicted molar refractivity (Wildman–Crippen MR) is 107 cm³/mol. The van der Waals surface area contributed by atoms with Crippen LogP contribution in [-0.4, -0.2) is 22.5 Å². The van der Waals surface area contributed by atoms with Crippen LogP contribution < -0.4 is 5.76 Å². The van der Waals surface area contributed by atoms with Crippen molar-refractivity contribution in [1.82, 2.24) is 9.88 Å². The number of hydrogen-bond donors (Lipinski definition) is 1. The number of H-pyrrole nitrogens is 1. The van der Waals surface area contributed by atoms with E-state index in [-0.39, 0.29) is 11.6 Å². The maximum Gasteiger partial charge on any atom is 0.417 e. The molecular formula is C21H21BrF2N2O2. The predicted octanol–water partition coefficient (Wildman–Crippen LogP) is 5.15. The Balaban J connectivity index is 2.00. The van der Waals surface area contributed by atoms with E-state index >= 15 is 0 Å². The van der Waals surface area contributed by atoms with Crippen molar-refractivity contribution < 1.29 is 13.2 Å². The molecule has 2 heterocycles. The molecule has 0 bridgehead atoms. The highest BCUT2D eigenvalue weighted by Crippen LogP contribution is 2.42. The molecule has 0 fully saturated rings. The van der Waals surface area contributed by atoms with E-state index in [0.29, 0.717) is 34.5 Å². The standard InChI is InChI=1S/C21H21BrF2N2O2/c1-10(2)9-26-11(3)6-14-13(4-5-17-20(14)28-21(27)25-17)19(26)18-15(23)7-12(22)8-16(18)24/h4-5,7-8,10-11,19H,6,9H2,1-3H3,(H,25,27)/t11-,19+/m1/s1. The van der Waals surface area contributed by atoms with Crippen molar-refractivity contribution in [2.24, 2.45) is 5.92 Å². The van der Waals surface area contributed by atoms with Crippen molar-refractivity contribution in [3.05, 3.63) is 67.6 Å². The number of fused-ring (bicyclic) bond motifs is 3. The minimum atomic E-state index is -0.598. The van der Waals surface area contributed by atoms with Gasteiger partial charge in [0.15, 0.2) is 5.58 Å². The number of nitrogens with zero attached hydrogens (tertiary/aromatic N) is 1. The normalized spacial score (nSPS) is 20.1. The van der Waals surface area contributed by atoms with Crippen LogP contribution >= 0.6 is 15.9 Å². The summed E-state index contributed by atoms with van der Waals surface area (Å²) in [6, 6.07) is 5.59. The van der Waals surface area contributed by atoms with Crippen LogP contribution in [0, 0.1) is 17.6 Å². The number of hydrogen-bond acceptors (Lipinski definition) is 3. The molecule has 0 unspecified atom stereocenters. The Morgan fingerprint density at radius 1 is 1.29 bits per heavy atom. The quantitative estimate of drug-likeness (QED) is 0.599. The summed E-state index contributed by atoms with van der Waals surface area (Å²) in [4.78, 5) is 16.5. The summed E-state index contributed by atoms with van der Waals surface area (Å²) < 4.78 is 35.7. The van der Waals surface area contributed by atoms with E-state index in [1.165, 1.54) is 12.1 Å². The van der Waals surface area contributed by atoms with Gasteiger partial charge in [0.2, 0.25) is 0 Å². The SMILES string of the molecule is CC(C)CN1[C@H](c2c(F)cc(Br)cc2F)c2ccc3[nH]c(=O)oc3c2C[C@H]1C. The van der Waals surface area contributed by atoms with Gasteiger partial charge in [0, 0.05) is 28.2 Å². The van der Waals surface area contributed by atoms with Gasteiger partial charge < -0.3 is 4.42 Å². The summed E-state index contributed by atoms with van der Waals surface area (Å²) in [5.74, 6) is -1.40. The van der Waals surface area contributed by atoms with Crippen molar-refractivity contribution in [1.29, 1.82) is 0 Å². The third-order valence-corrected chi connectivity index (χ3v) is 5.77. The van der Waals surface area contributed by atoms with Crippen LogP contribution in [0.15, 0.2) is 37.9 Å². The Kier molecular flexibility index (Phi) is 4.91. The molecule has 7 heteroatoms. The summed E-state index contributed by atoms with van der Waals surface area (Å²) in [6.45, 7) is 6.90. The average Bonchev–Trinajstić information content (AvgIpc) is 2.97. The average molecular weight is 451 g/mol. The molecule has 4 rings (SSSR count). The Bertz CT molecular complexity index is 1080. The Labute approximate surface area is 169 Å². The molecule has 0 saturated heterocycles. The van der Waals surface area contributed by atoms with Crippen LogP contribution in [0.5, 0.6) is 0 Å². The van der Waals surface area contributed by atoms with Crippen LogP contribution in [0.2, 0.25) is 0 Å². The lowest BCUT2D eigenvalue weighted by Crippen LogP contribution is -2.45. The Morgan fingerprint density at radius 3 is 2.61 bits per heavy atom. The highest BCUT2D eigenvalue weighted by molar-refractivity contribution is 9.10. The van der Waals surface area contributed by atoms with Gasteiger partial charge in [0.25, 0.3) is 0 Å².